The molecule has 0 bridgehead atoms. The molecule has 0 radical (unpaired) electrons. The van der Waals surface area contributed by atoms with Crippen LogP contribution in [0.1, 0.15) is 12.5 Å². The van der Waals surface area contributed by atoms with Crippen molar-refractivity contribution >= 4 is 5.65 Å². The lowest BCUT2D eigenvalue weighted by Gasteiger charge is -2.04. The topological polar surface area (TPSA) is 63.2 Å². The van der Waals surface area contributed by atoms with Gasteiger partial charge >= 0.3 is 0 Å². The Morgan fingerprint density at radius 3 is 2.81 bits per heavy atom. The lowest BCUT2D eigenvalue weighted by atomic mass is 10.1. The minimum atomic E-state index is 0.281. The van der Waals surface area contributed by atoms with Crippen LogP contribution in [0.2, 0.25) is 0 Å². The van der Waals surface area contributed by atoms with Crippen LogP contribution < -0.4 is 4.74 Å². The van der Waals surface area contributed by atoms with Gasteiger partial charge in [-0.3, -0.25) is 0 Å². The zero-order valence-electron chi connectivity index (χ0n) is 11.7. The summed E-state index contributed by atoms with van der Waals surface area (Å²) in [4.78, 5) is 4.32. The Bertz CT molecular complexity index is 799. The average molecular weight is 278 g/mol. The Morgan fingerprint density at radius 1 is 1.29 bits per heavy atom. The third kappa shape index (κ3) is 2.43. The van der Waals surface area contributed by atoms with Gasteiger partial charge in [-0.15, -0.1) is 0 Å². The molecule has 21 heavy (non-hydrogen) atoms. The van der Waals surface area contributed by atoms with E-state index in [0.29, 0.717) is 6.61 Å². The number of fused-ring (bicyclic) bond motifs is 1. The lowest BCUT2D eigenvalue weighted by molar-refractivity contribution is 0.340. The molecule has 3 aromatic rings. The number of nitriles is 1. The Morgan fingerprint density at radius 2 is 2.10 bits per heavy atom. The summed E-state index contributed by atoms with van der Waals surface area (Å²) in [6, 6.07) is 11.7. The molecule has 0 amide bonds. The van der Waals surface area contributed by atoms with Crippen LogP contribution in [0.25, 0.3) is 16.9 Å². The minimum absolute atomic E-state index is 0.281. The third-order valence-electron chi connectivity index (χ3n) is 3.19. The van der Waals surface area contributed by atoms with Crippen LogP contribution in [0.4, 0.5) is 0 Å². The summed E-state index contributed by atoms with van der Waals surface area (Å²) >= 11 is 0. The van der Waals surface area contributed by atoms with Gasteiger partial charge in [0.25, 0.3) is 0 Å². The van der Waals surface area contributed by atoms with E-state index in [-0.39, 0.29) is 6.42 Å². The molecule has 0 aliphatic carbocycles. The van der Waals surface area contributed by atoms with Gasteiger partial charge < -0.3 is 4.74 Å². The molecule has 0 aliphatic heterocycles. The van der Waals surface area contributed by atoms with Crippen molar-refractivity contribution in [2.45, 2.75) is 13.3 Å². The van der Waals surface area contributed by atoms with E-state index in [9.17, 15) is 0 Å². The number of nitrogens with zero attached hydrogens (tertiary/aromatic N) is 4. The Hall–Kier alpha value is -2.87. The second-order valence-corrected chi connectivity index (χ2v) is 4.51. The minimum Gasteiger partial charge on any atom is -0.494 e. The molecule has 0 spiro atoms. The normalized spacial score (nSPS) is 10.5. The van der Waals surface area contributed by atoms with Crippen molar-refractivity contribution in [1.29, 1.82) is 5.26 Å². The number of aromatic nitrogens is 3. The van der Waals surface area contributed by atoms with Crippen molar-refractivity contribution in [1.82, 2.24) is 14.6 Å². The highest BCUT2D eigenvalue weighted by molar-refractivity contribution is 5.71. The standard InChI is InChI=1S/C16H14N4O/c1-2-21-13-6-4-12(5-7-13)15-14(8-9-17)16-18-10-3-11-20(16)19-15/h3-7,10-11H,2,8H2,1H3. The molecule has 2 heterocycles. The molecular formula is C16H14N4O. The highest BCUT2D eigenvalue weighted by Crippen LogP contribution is 2.27. The Labute approximate surface area is 122 Å². The number of benzene rings is 1. The molecule has 0 aliphatic rings. The zero-order valence-corrected chi connectivity index (χ0v) is 11.7. The molecule has 0 fully saturated rings. The van der Waals surface area contributed by atoms with E-state index in [4.69, 9.17) is 10.00 Å². The van der Waals surface area contributed by atoms with Crippen molar-refractivity contribution in [2.24, 2.45) is 0 Å². The van der Waals surface area contributed by atoms with E-state index in [1.807, 2.05) is 43.5 Å². The van der Waals surface area contributed by atoms with Crippen LogP contribution in [0.5, 0.6) is 5.75 Å². The summed E-state index contributed by atoms with van der Waals surface area (Å²) in [6.45, 7) is 2.59. The fraction of sp³-hybridized carbons (Fsp3) is 0.188. The van der Waals surface area contributed by atoms with E-state index in [0.717, 1.165) is 28.2 Å². The SMILES string of the molecule is CCOc1ccc(-c2nn3cccnc3c2CC#N)cc1. The van der Waals surface area contributed by atoms with Crippen LogP contribution in [-0.2, 0) is 6.42 Å². The summed E-state index contributed by atoms with van der Waals surface area (Å²) in [7, 11) is 0. The number of hydrogen-bond acceptors (Lipinski definition) is 4. The van der Waals surface area contributed by atoms with Gasteiger partial charge in [0, 0.05) is 23.5 Å². The fourth-order valence-electron chi connectivity index (χ4n) is 2.28. The molecule has 0 saturated heterocycles. The van der Waals surface area contributed by atoms with Gasteiger partial charge in [0.2, 0.25) is 0 Å². The van der Waals surface area contributed by atoms with Crippen molar-refractivity contribution in [3.8, 4) is 23.1 Å². The van der Waals surface area contributed by atoms with Gasteiger partial charge in [0.15, 0.2) is 5.65 Å². The maximum absolute atomic E-state index is 9.05. The Balaban J connectivity index is 2.10. The predicted molar refractivity (Wildman–Crippen MR) is 78.9 cm³/mol. The summed E-state index contributed by atoms with van der Waals surface area (Å²) in [5, 5.41) is 13.6. The molecule has 3 rings (SSSR count). The van der Waals surface area contributed by atoms with E-state index in [1.165, 1.54) is 0 Å². The van der Waals surface area contributed by atoms with Crippen LogP contribution >= 0.6 is 0 Å². The van der Waals surface area contributed by atoms with Gasteiger partial charge in [-0.1, -0.05) is 0 Å². The largest absolute Gasteiger partial charge is 0.494 e. The van der Waals surface area contributed by atoms with E-state index in [2.05, 4.69) is 16.2 Å². The van der Waals surface area contributed by atoms with Gasteiger partial charge in [0.1, 0.15) is 5.75 Å². The molecule has 0 saturated carbocycles. The first-order chi connectivity index (χ1) is 10.3. The molecule has 104 valence electrons. The van der Waals surface area contributed by atoms with Crippen LogP contribution in [0, 0.1) is 11.3 Å². The van der Waals surface area contributed by atoms with E-state index in [1.54, 1.807) is 10.7 Å². The molecule has 5 nitrogen and oxygen atoms in total. The molecule has 0 atom stereocenters. The van der Waals surface area contributed by atoms with Crippen molar-refractivity contribution in [2.75, 3.05) is 6.61 Å². The molecule has 1 aromatic carbocycles. The number of ether oxygens (including phenoxy) is 1. The summed E-state index contributed by atoms with van der Waals surface area (Å²) in [5.41, 5.74) is 3.32. The first kappa shape index (κ1) is 13.1. The quantitative estimate of drug-likeness (QED) is 0.736. The summed E-state index contributed by atoms with van der Waals surface area (Å²) in [6.07, 6.45) is 3.82. The van der Waals surface area contributed by atoms with Crippen molar-refractivity contribution < 1.29 is 4.74 Å². The molecule has 0 N–H and O–H groups in total. The first-order valence-corrected chi connectivity index (χ1v) is 6.76. The molecular weight excluding hydrogens is 264 g/mol. The molecule has 0 unspecified atom stereocenters. The van der Waals surface area contributed by atoms with Crippen LogP contribution in [0.15, 0.2) is 42.7 Å². The van der Waals surface area contributed by atoms with E-state index < -0.39 is 0 Å². The van der Waals surface area contributed by atoms with Gasteiger partial charge in [-0.2, -0.15) is 10.4 Å². The average Bonchev–Trinajstić information content (AvgIpc) is 2.88. The predicted octanol–water partition coefficient (Wildman–Crippen LogP) is 2.86. The lowest BCUT2D eigenvalue weighted by Crippen LogP contribution is -1.91. The smallest absolute Gasteiger partial charge is 0.159 e. The first-order valence-electron chi connectivity index (χ1n) is 6.76. The van der Waals surface area contributed by atoms with Crippen LogP contribution in [0.3, 0.4) is 0 Å². The Kier molecular flexibility index (Phi) is 3.52. The second kappa shape index (κ2) is 5.63. The third-order valence-corrected chi connectivity index (χ3v) is 3.19. The fourth-order valence-corrected chi connectivity index (χ4v) is 2.28. The molecule has 2 aromatic heterocycles. The monoisotopic (exact) mass is 278 g/mol. The highest BCUT2D eigenvalue weighted by Gasteiger charge is 2.15. The maximum Gasteiger partial charge on any atom is 0.159 e. The maximum atomic E-state index is 9.05. The summed E-state index contributed by atoms with van der Waals surface area (Å²) < 4.78 is 7.15. The number of rotatable bonds is 4. The molecule has 5 heteroatoms. The van der Waals surface area contributed by atoms with E-state index >= 15 is 0 Å². The van der Waals surface area contributed by atoms with Crippen LogP contribution in [-0.4, -0.2) is 21.2 Å². The van der Waals surface area contributed by atoms with Crippen molar-refractivity contribution in [3.63, 3.8) is 0 Å². The number of hydrogen-bond donors (Lipinski definition) is 0. The summed E-state index contributed by atoms with van der Waals surface area (Å²) in [5.74, 6) is 0.824. The van der Waals surface area contributed by atoms with Crippen molar-refractivity contribution in [3.05, 3.63) is 48.3 Å². The van der Waals surface area contributed by atoms with Gasteiger partial charge in [0.05, 0.1) is 24.8 Å². The second-order valence-electron chi connectivity index (χ2n) is 4.51. The zero-order chi connectivity index (χ0) is 14.7. The van der Waals surface area contributed by atoms with Gasteiger partial charge in [-0.05, 0) is 37.3 Å². The van der Waals surface area contributed by atoms with Gasteiger partial charge in [-0.25, -0.2) is 9.50 Å². The highest BCUT2D eigenvalue weighted by atomic mass is 16.5.